The maximum absolute atomic E-state index is 6.00. The highest BCUT2D eigenvalue weighted by Gasteiger charge is 2.23. The lowest BCUT2D eigenvalue weighted by atomic mass is 10.2. The first-order chi connectivity index (χ1) is 9.81. The standard InChI is InChI=1S/C16H15ClO3/c17-13-6-7-15(16(8-13)20-11-14-10-18-14)19-9-12-4-2-1-3-5-12/h1-8,14H,9-11H2. The fourth-order valence-electron chi connectivity index (χ4n) is 1.80. The van der Waals surface area contributed by atoms with Crippen LogP contribution >= 0.6 is 11.6 Å². The molecule has 0 radical (unpaired) electrons. The Morgan fingerprint density at radius 2 is 1.85 bits per heavy atom. The van der Waals surface area contributed by atoms with Crippen molar-refractivity contribution in [1.29, 1.82) is 0 Å². The van der Waals surface area contributed by atoms with Crippen molar-refractivity contribution in [2.24, 2.45) is 0 Å². The predicted molar refractivity (Wildman–Crippen MR) is 77.5 cm³/mol. The van der Waals surface area contributed by atoms with Crippen molar-refractivity contribution < 1.29 is 14.2 Å². The zero-order valence-corrected chi connectivity index (χ0v) is 11.7. The van der Waals surface area contributed by atoms with Crippen molar-refractivity contribution in [1.82, 2.24) is 0 Å². The number of rotatable bonds is 6. The molecule has 0 N–H and O–H groups in total. The van der Waals surface area contributed by atoms with E-state index in [0.29, 0.717) is 29.7 Å². The van der Waals surface area contributed by atoms with Crippen molar-refractivity contribution in [3.8, 4) is 11.5 Å². The SMILES string of the molecule is Clc1ccc(OCc2ccccc2)c(OCC2CO2)c1. The molecule has 2 aromatic carbocycles. The molecule has 0 saturated carbocycles. The Bertz CT molecular complexity index is 567. The summed E-state index contributed by atoms with van der Waals surface area (Å²) < 4.78 is 16.6. The normalized spacial score (nSPS) is 16.8. The van der Waals surface area contributed by atoms with Gasteiger partial charge in [0, 0.05) is 11.1 Å². The van der Waals surface area contributed by atoms with E-state index in [1.54, 1.807) is 12.1 Å². The van der Waals surface area contributed by atoms with E-state index in [0.717, 1.165) is 12.2 Å². The first kappa shape index (κ1) is 13.3. The second kappa shape index (κ2) is 6.16. The summed E-state index contributed by atoms with van der Waals surface area (Å²) >= 11 is 6.00. The average molecular weight is 291 g/mol. The summed E-state index contributed by atoms with van der Waals surface area (Å²) in [4.78, 5) is 0. The molecular weight excluding hydrogens is 276 g/mol. The van der Waals surface area contributed by atoms with Crippen molar-refractivity contribution in [3.05, 3.63) is 59.1 Å². The largest absolute Gasteiger partial charge is 0.487 e. The van der Waals surface area contributed by atoms with Crippen LogP contribution in [0.15, 0.2) is 48.5 Å². The Labute approximate surface area is 123 Å². The van der Waals surface area contributed by atoms with Gasteiger partial charge in [0.15, 0.2) is 11.5 Å². The van der Waals surface area contributed by atoms with Crippen LogP contribution in [0.3, 0.4) is 0 Å². The third-order valence-corrected chi connectivity index (χ3v) is 3.21. The summed E-state index contributed by atoms with van der Waals surface area (Å²) in [6.07, 6.45) is 0.205. The van der Waals surface area contributed by atoms with Crippen LogP contribution in [0.1, 0.15) is 5.56 Å². The summed E-state index contributed by atoms with van der Waals surface area (Å²) in [5.74, 6) is 1.35. The van der Waals surface area contributed by atoms with E-state index in [4.69, 9.17) is 25.8 Å². The maximum atomic E-state index is 6.00. The third-order valence-electron chi connectivity index (χ3n) is 2.97. The number of hydrogen-bond acceptors (Lipinski definition) is 3. The number of ether oxygens (including phenoxy) is 3. The van der Waals surface area contributed by atoms with Gasteiger partial charge in [0.25, 0.3) is 0 Å². The molecule has 0 bridgehead atoms. The number of halogens is 1. The van der Waals surface area contributed by atoms with Gasteiger partial charge >= 0.3 is 0 Å². The van der Waals surface area contributed by atoms with E-state index in [9.17, 15) is 0 Å². The second-order valence-corrected chi connectivity index (χ2v) is 5.07. The van der Waals surface area contributed by atoms with E-state index in [-0.39, 0.29) is 6.10 Å². The first-order valence-electron chi connectivity index (χ1n) is 6.52. The summed E-state index contributed by atoms with van der Waals surface area (Å²) in [5.41, 5.74) is 1.11. The minimum absolute atomic E-state index is 0.205. The average Bonchev–Trinajstić information content (AvgIpc) is 3.29. The van der Waals surface area contributed by atoms with Crippen LogP contribution in [0, 0.1) is 0 Å². The van der Waals surface area contributed by atoms with Gasteiger partial charge in [0.05, 0.1) is 6.61 Å². The topological polar surface area (TPSA) is 31.0 Å². The number of epoxide rings is 1. The minimum atomic E-state index is 0.205. The van der Waals surface area contributed by atoms with Gasteiger partial charge in [-0.15, -0.1) is 0 Å². The molecule has 3 nitrogen and oxygen atoms in total. The lowest BCUT2D eigenvalue weighted by Gasteiger charge is -2.12. The zero-order valence-electron chi connectivity index (χ0n) is 10.9. The molecule has 0 aromatic heterocycles. The lowest BCUT2D eigenvalue weighted by molar-refractivity contribution is 0.238. The van der Waals surface area contributed by atoms with Gasteiger partial charge < -0.3 is 14.2 Å². The molecule has 1 unspecified atom stereocenters. The Hall–Kier alpha value is -1.71. The van der Waals surface area contributed by atoms with Gasteiger partial charge in [0.1, 0.15) is 19.3 Å². The van der Waals surface area contributed by atoms with E-state index >= 15 is 0 Å². The van der Waals surface area contributed by atoms with Crippen molar-refractivity contribution in [3.63, 3.8) is 0 Å². The third kappa shape index (κ3) is 3.65. The van der Waals surface area contributed by atoms with Gasteiger partial charge in [-0.3, -0.25) is 0 Å². The monoisotopic (exact) mass is 290 g/mol. The molecule has 2 aromatic rings. The summed E-state index contributed by atoms with van der Waals surface area (Å²) in [7, 11) is 0. The molecule has 3 rings (SSSR count). The molecule has 1 saturated heterocycles. The Morgan fingerprint density at radius 3 is 2.60 bits per heavy atom. The van der Waals surface area contributed by atoms with Crippen molar-refractivity contribution in [2.75, 3.05) is 13.2 Å². The number of benzene rings is 2. The highest BCUT2D eigenvalue weighted by Crippen LogP contribution is 2.31. The molecule has 1 aliphatic rings. The smallest absolute Gasteiger partial charge is 0.162 e. The highest BCUT2D eigenvalue weighted by molar-refractivity contribution is 6.30. The summed E-state index contributed by atoms with van der Waals surface area (Å²) in [6.45, 7) is 1.79. The van der Waals surface area contributed by atoms with Crippen LogP contribution in [-0.4, -0.2) is 19.3 Å². The Balaban J connectivity index is 1.67. The lowest BCUT2D eigenvalue weighted by Crippen LogP contribution is -2.06. The quantitative estimate of drug-likeness (QED) is 0.760. The van der Waals surface area contributed by atoms with Crippen LogP contribution in [0.25, 0.3) is 0 Å². The fraction of sp³-hybridized carbons (Fsp3) is 0.250. The summed E-state index contributed by atoms with van der Waals surface area (Å²) in [5, 5.41) is 0.628. The number of hydrogen-bond donors (Lipinski definition) is 0. The van der Waals surface area contributed by atoms with Crippen LogP contribution in [0.4, 0.5) is 0 Å². The molecule has 0 spiro atoms. The Morgan fingerprint density at radius 1 is 1.05 bits per heavy atom. The molecule has 0 amide bonds. The molecule has 4 heteroatoms. The van der Waals surface area contributed by atoms with Gasteiger partial charge in [-0.25, -0.2) is 0 Å². The van der Waals surface area contributed by atoms with E-state index in [2.05, 4.69) is 0 Å². The molecule has 1 fully saturated rings. The molecule has 1 atom stereocenters. The fourth-order valence-corrected chi connectivity index (χ4v) is 1.96. The molecule has 0 aliphatic carbocycles. The van der Waals surface area contributed by atoms with Crippen molar-refractivity contribution in [2.45, 2.75) is 12.7 Å². The second-order valence-electron chi connectivity index (χ2n) is 4.63. The van der Waals surface area contributed by atoms with Gasteiger partial charge in [-0.1, -0.05) is 41.9 Å². The molecular formula is C16H15ClO3. The highest BCUT2D eigenvalue weighted by atomic mass is 35.5. The van der Waals surface area contributed by atoms with Crippen LogP contribution < -0.4 is 9.47 Å². The predicted octanol–water partition coefficient (Wildman–Crippen LogP) is 3.70. The summed E-state index contributed by atoms with van der Waals surface area (Å²) in [6, 6.07) is 15.4. The molecule has 1 aliphatic heterocycles. The molecule has 1 heterocycles. The van der Waals surface area contributed by atoms with Crippen LogP contribution in [0.2, 0.25) is 5.02 Å². The zero-order chi connectivity index (χ0) is 13.8. The van der Waals surface area contributed by atoms with Gasteiger partial charge in [-0.05, 0) is 17.7 Å². The first-order valence-corrected chi connectivity index (χ1v) is 6.90. The van der Waals surface area contributed by atoms with E-state index in [1.807, 2.05) is 36.4 Å². The maximum Gasteiger partial charge on any atom is 0.162 e. The van der Waals surface area contributed by atoms with E-state index in [1.165, 1.54) is 0 Å². The van der Waals surface area contributed by atoms with Gasteiger partial charge in [0.2, 0.25) is 0 Å². The molecule has 20 heavy (non-hydrogen) atoms. The van der Waals surface area contributed by atoms with Crippen molar-refractivity contribution >= 4 is 11.6 Å². The van der Waals surface area contributed by atoms with Crippen LogP contribution in [-0.2, 0) is 11.3 Å². The van der Waals surface area contributed by atoms with E-state index < -0.39 is 0 Å². The molecule has 104 valence electrons. The minimum Gasteiger partial charge on any atom is -0.487 e. The van der Waals surface area contributed by atoms with Gasteiger partial charge in [-0.2, -0.15) is 0 Å². The Kier molecular flexibility index (Phi) is 4.09. The van der Waals surface area contributed by atoms with Crippen LogP contribution in [0.5, 0.6) is 11.5 Å².